The van der Waals surface area contributed by atoms with E-state index in [2.05, 4.69) is 10.3 Å². The van der Waals surface area contributed by atoms with Crippen LogP contribution in [0.2, 0.25) is 0 Å². The molecule has 0 aliphatic carbocycles. The number of aliphatic carboxylic acids is 1. The zero-order chi connectivity index (χ0) is 13.8. The van der Waals surface area contributed by atoms with Crippen molar-refractivity contribution in [3.63, 3.8) is 0 Å². The second-order valence-electron chi connectivity index (χ2n) is 4.38. The Labute approximate surface area is 106 Å². The normalized spacial score (nSPS) is 16.0. The van der Waals surface area contributed by atoms with Crippen molar-refractivity contribution in [2.45, 2.75) is 45.2 Å². The molecule has 2 unspecified atom stereocenters. The van der Waals surface area contributed by atoms with Crippen LogP contribution in [0.4, 0.5) is 4.39 Å². The predicted molar refractivity (Wildman–Crippen MR) is 66.7 cm³/mol. The number of halogens is 1. The number of carbonyl (C=O) groups is 1. The molecule has 0 aliphatic heterocycles. The van der Waals surface area contributed by atoms with Gasteiger partial charge in [-0.05, 0) is 31.9 Å². The van der Waals surface area contributed by atoms with Gasteiger partial charge >= 0.3 is 5.97 Å². The van der Waals surface area contributed by atoms with Crippen LogP contribution in [0.5, 0.6) is 0 Å². The lowest BCUT2D eigenvalue weighted by molar-refractivity contribution is -0.146. The Balaban J connectivity index is 3.18. The lowest BCUT2D eigenvalue weighted by atomic mass is 9.90. The fourth-order valence-corrected chi connectivity index (χ4v) is 1.83. The Bertz CT molecular complexity index is 408. The van der Waals surface area contributed by atoms with Crippen LogP contribution in [0.15, 0.2) is 18.3 Å². The van der Waals surface area contributed by atoms with Gasteiger partial charge in [0.15, 0.2) is 5.54 Å². The van der Waals surface area contributed by atoms with E-state index in [1.807, 2.05) is 13.8 Å². The van der Waals surface area contributed by atoms with Gasteiger partial charge in [0, 0.05) is 6.04 Å². The molecule has 1 rings (SSSR count). The molecule has 0 spiro atoms. The first-order chi connectivity index (χ1) is 8.46. The van der Waals surface area contributed by atoms with Crippen molar-refractivity contribution in [3.8, 4) is 0 Å². The van der Waals surface area contributed by atoms with E-state index in [0.29, 0.717) is 12.1 Å². The highest BCUT2D eigenvalue weighted by atomic mass is 19.1. The molecule has 4 nitrogen and oxygen atoms in total. The quantitative estimate of drug-likeness (QED) is 0.817. The van der Waals surface area contributed by atoms with Gasteiger partial charge < -0.3 is 5.11 Å². The standard InChI is InChI=1S/C13H19FN2O2/c1-4-9(3)16-13(5-2,12(17)18)11-7-6-10(14)8-15-11/h6-9,16H,4-5H2,1-3H3,(H,17,18). The Morgan fingerprint density at radius 2 is 2.22 bits per heavy atom. The van der Waals surface area contributed by atoms with E-state index in [9.17, 15) is 14.3 Å². The summed E-state index contributed by atoms with van der Waals surface area (Å²) in [5.41, 5.74) is -0.928. The molecule has 0 aromatic carbocycles. The van der Waals surface area contributed by atoms with Gasteiger partial charge in [0.2, 0.25) is 0 Å². The van der Waals surface area contributed by atoms with Crippen LogP contribution in [-0.2, 0) is 10.3 Å². The maximum atomic E-state index is 12.9. The first-order valence-electron chi connectivity index (χ1n) is 6.09. The van der Waals surface area contributed by atoms with Crippen molar-refractivity contribution in [2.75, 3.05) is 0 Å². The molecule has 1 aromatic heterocycles. The van der Waals surface area contributed by atoms with Crippen LogP contribution >= 0.6 is 0 Å². The highest BCUT2D eigenvalue weighted by Gasteiger charge is 2.40. The minimum atomic E-state index is -1.26. The molecule has 18 heavy (non-hydrogen) atoms. The molecule has 0 fully saturated rings. The molecule has 1 heterocycles. The van der Waals surface area contributed by atoms with E-state index in [4.69, 9.17) is 0 Å². The summed E-state index contributed by atoms with van der Waals surface area (Å²) >= 11 is 0. The SMILES string of the molecule is CCC(C)NC(CC)(C(=O)O)c1ccc(F)cn1. The molecule has 1 aromatic rings. The summed E-state index contributed by atoms with van der Waals surface area (Å²) in [6, 6.07) is 2.68. The molecule has 5 heteroatoms. The molecule has 2 atom stereocenters. The third-order valence-electron chi connectivity index (χ3n) is 3.17. The Hall–Kier alpha value is -1.49. The van der Waals surface area contributed by atoms with Crippen molar-refractivity contribution < 1.29 is 14.3 Å². The zero-order valence-corrected chi connectivity index (χ0v) is 10.9. The predicted octanol–water partition coefficient (Wildman–Crippen LogP) is 2.30. The number of nitrogens with zero attached hydrogens (tertiary/aromatic N) is 1. The Morgan fingerprint density at radius 1 is 1.56 bits per heavy atom. The van der Waals surface area contributed by atoms with Crippen molar-refractivity contribution in [3.05, 3.63) is 29.8 Å². The maximum Gasteiger partial charge on any atom is 0.330 e. The molecular weight excluding hydrogens is 235 g/mol. The number of aromatic nitrogens is 1. The lowest BCUT2D eigenvalue weighted by Crippen LogP contribution is -2.52. The maximum absolute atomic E-state index is 12.9. The lowest BCUT2D eigenvalue weighted by Gasteiger charge is -2.32. The molecule has 0 amide bonds. The van der Waals surface area contributed by atoms with Crippen LogP contribution < -0.4 is 5.32 Å². The van der Waals surface area contributed by atoms with Gasteiger partial charge in [0.25, 0.3) is 0 Å². The summed E-state index contributed by atoms with van der Waals surface area (Å²) in [6.45, 7) is 5.66. The Morgan fingerprint density at radius 3 is 2.61 bits per heavy atom. The van der Waals surface area contributed by atoms with E-state index in [1.165, 1.54) is 12.1 Å². The van der Waals surface area contributed by atoms with E-state index in [0.717, 1.165) is 12.6 Å². The average molecular weight is 254 g/mol. The zero-order valence-electron chi connectivity index (χ0n) is 10.9. The van der Waals surface area contributed by atoms with Crippen molar-refractivity contribution >= 4 is 5.97 Å². The highest BCUT2D eigenvalue weighted by Crippen LogP contribution is 2.25. The van der Waals surface area contributed by atoms with Gasteiger partial charge in [-0.1, -0.05) is 13.8 Å². The fraction of sp³-hybridized carbons (Fsp3) is 0.538. The number of pyridine rings is 1. The minimum absolute atomic E-state index is 0.0351. The van der Waals surface area contributed by atoms with Gasteiger partial charge in [-0.2, -0.15) is 0 Å². The molecular formula is C13H19FN2O2. The summed E-state index contributed by atoms with van der Waals surface area (Å²) in [5.74, 6) is -1.47. The number of carboxylic acid groups (broad SMARTS) is 1. The largest absolute Gasteiger partial charge is 0.480 e. The van der Waals surface area contributed by atoms with Gasteiger partial charge in [0.1, 0.15) is 5.82 Å². The van der Waals surface area contributed by atoms with E-state index < -0.39 is 17.3 Å². The second kappa shape index (κ2) is 5.91. The fourth-order valence-electron chi connectivity index (χ4n) is 1.83. The number of hydrogen-bond donors (Lipinski definition) is 2. The first kappa shape index (κ1) is 14.6. The van der Waals surface area contributed by atoms with Crippen molar-refractivity contribution in [1.82, 2.24) is 10.3 Å². The second-order valence-corrected chi connectivity index (χ2v) is 4.38. The van der Waals surface area contributed by atoms with Gasteiger partial charge in [0.05, 0.1) is 11.9 Å². The monoisotopic (exact) mass is 254 g/mol. The van der Waals surface area contributed by atoms with Gasteiger partial charge in [-0.15, -0.1) is 0 Å². The number of rotatable bonds is 6. The van der Waals surface area contributed by atoms with Crippen molar-refractivity contribution in [2.24, 2.45) is 0 Å². The summed E-state index contributed by atoms with van der Waals surface area (Å²) in [5, 5.41) is 12.6. The van der Waals surface area contributed by atoms with E-state index >= 15 is 0 Å². The molecule has 2 N–H and O–H groups in total. The van der Waals surface area contributed by atoms with Crippen LogP contribution in [0, 0.1) is 5.82 Å². The van der Waals surface area contributed by atoms with Crippen LogP contribution in [-0.4, -0.2) is 22.1 Å². The number of carboxylic acids is 1. The first-order valence-corrected chi connectivity index (χ1v) is 6.09. The smallest absolute Gasteiger partial charge is 0.330 e. The highest BCUT2D eigenvalue weighted by molar-refractivity contribution is 5.80. The van der Waals surface area contributed by atoms with Gasteiger partial charge in [-0.3, -0.25) is 10.3 Å². The summed E-state index contributed by atoms with van der Waals surface area (Å²) in [6.07, 6.45) is 2.18. The van der Waals surface area contributed by atoms with Crippen LogP contribution in [0.3, 0.4) is 0 Å². The third kappa shape index (κ3) is 2.85. The van der Waals surface area contributed by atoms with Crippen molar-refractivity contribution in [1.29, 1.82) is 0 Å². The van der Waals surface area contributed by atoms with E-state index in [1.54, 1.807) is 6.92 Å². The number of nitrogens with one attached hydrogen (secondary N) is 1. The molecule has 0 radical (unpaired) electrons. The minimum Gasteiger partial charge on any atom is -0.480 e. The van der Waals surface area contributed by atoms with Crippen LogP contribution in [0.1, 0.15) is 39.3 Å². The number of hydrogen-bond acceptors (Lipinski definition) is 3. The van der Waals surface area contributed by atoms with Crippen LogP contribution in [0.25, 0.3) is 0 Å². The molecule has 0 saturated carbocycles. The molecule has 0 saturated heterocycles. The summed E-state index contributed by atoms with van der Waals surface area (Å²) < 4.78 is 12.9. The van der Waals surface area contributed by atoms with Gasteiger partial charge in [-0.25, -0.2) is 9.18 Å². The Kier molecular flexibility index (Phi) is 4.78. The molecule has 100 valence electrons. The average Bonchev–Trinajstić information content (AvgIpc) is 2.36. The third-order valence-corrected chi connectivity index (χ3v) is 3.17. The molecule has 0 aliphatic rings. The summed E-state index contributed by atoms with van der Waals surface area (Å²) in [4.78, 5) is 15.5. The topological polar surface area (TPSA) is 62.2 Å². The van der Waals surface area contributed by atoms with E-state index in [-0.39, 0.29) is 6.04 Å². The molecule has 0 bridgehead atoms. The summed E-state index contributed by atoms with van der Waals surface area (Å²) in [7, 11) is 0.